The Balaban J connectivity index is 1.63. The van der Waals surface area contributed by atoms with Crippen LogP contribution in [0.5, 0.6) is 0 Å². The second-order valence-electron chi connectivity index (χ2n) is 8.10. The van der Waals surface area contributed by atoms with E-state index in [0.29, 0.717) is 32.7 Å². The topological polar surface area (TPSA) is 64.0 Å². The Morgan fingerprint density at radius 3 is 2.52 bits per heavy atom. The first-order chi connectivity index (χ1) is 15.8. The lowest BCUT2D eigenvalue weighted by Gasteiger charge is -2.14. The predicted octanol–water partition coefficient (Wildman–Crippen LogP) is 6.20. The number of fused-ring (bicyclic) bond motifs is 1. The molecule has 0 spiro atoms. The van der Waals surface area contributed by atoms with E-state index in [2.05, 4.69) is 24.1 Å². The average molecular weight is 478 g/mol. The standard InChI is InChI=1S/C26H24ClN3O2S/c1-16(2)18-9-11-19(12-10-18)28-24(31)15-33-26-29-23-7-5-4-6-21(23)25(32)30(26)20-13-8-17(3)22(27)14-20/h4-14,16H,15H2,1-3H3,(H,28,31). The summed E-state index contributed by atoms with van der Waals surface area (Å²) in [5.41, 5.74) is 3.86. The zero-order valence-electron chi connectivity index (χ0n) is 18.6. The molecular formula is C26H24ClN3O2S. The number of nitrogens with zero attached hydrogens (tertiary/aromatic N) is 2. The molecule has 0 aliphatic carbocycles. The van der Waals surface area contributed by atoms with Gasteiger partial charge in [0.1, 0.15) is 0 Å². The van der Waals surface area contributed by atoms with Crippen molar-refractivity contribution in [3.63, 3.8) is 0 Å². The van der Waals surface area contributed by atoms with Crippen LogP contribution in [0.2, 0.25) is 5.02 Å². The molecule has 0 saturated heterocycles. The number of anilines is 1. The van der Waals surface area contributed by atoms with E-state index in [1.54, 1.807) is 18.2 Å². The van der Waals surface area contributed by atoms with Gasteiger partial charge in [0.25, 0.3) is 5.56 Å². The first kappa shape index (κ1) is 23.1. The summed E-state index contributed by atoms with van der Waals surface area (Å²) in [6, 6.07) is 20.5. The van der Waals surface area contributed by atoms with Crippen LogP contribution in [0.1, 0.15) is 30.9 Å². The quantitative estimate of drug-likeness (QED) is 0.265. The molecule has 33 heavy (non-hydrogen) atoms. The Hall–Kier alpha value is -3.09. The molecule has 0 fully saturated rings. The van der Waals surface area contributed by atoms with Crippen LogP contribution < -0.4 is 10.9 Å². The smallest absolute Gasteiger partial charge is 0.266 e. The van der Waals surface area contributed by atoms with E-state index in [0.717, 1.165) is 11.3 Å². The summed E-state index contributed by atoms with van der Waals surface area (Å²) in [4.78, 5) is 30.6. The van der Waals surface area contributed by atoms with Gasteiger partial charge >= 0.3 is 0 Å². The maximum atomic E-state index is 13.3. The van der Waals surface area contributed by atoms with E-state index in [1.165, 1.54) is 21.9 Å². The highest BCUT2D eigenvalue weighted by atomic mass is 35.5. The SMILES string of the molecule is Cc1ccc(-n2c(SCC(=O)Nc3ccc(C(C)C)cc3)nc3ccccc3c2=O)cc1Cl. The number of rotatable bonds is 6. The van der Waals surface area contributed by atoms with Gasteiger partial charge in [0.2, 0.25) is 5.91 Å². The second kappa shape index (κ2) is 9.81. The highest BCUT2D eigenvalue weighted by molar-refractivity contribution is 7.99. The van der Waals surface area contributed by atoms with Crippen molar-refractivity contribution in [2.75, 3.05) is 11.1 Å². The molecule has 1 heterocycles. The molecule has 0 saturated carbocycles. The number of aryl methyl sites for hydroxylation is 1. The summed E-state index contributed by atoms with van der Waals surface area (Å²) >= 11 is 7.54. The van der Waals surface area contributed by atoms with Crippen LogP contribution in [0.25, 0.3) is 16.6 Å². The number of thioether (sulfide) groups is 1. The van der Waals surface area contributed by atoms with Crippen LogP contribution in [0.3, 0.4) is 0 Å². The zero-order valence-corrected chi connectivity index (χ0v) is 20.2. The molecule has 4 aromatic rings. The second-order valence-corrected chi connectivity index (χ2v) is 9.45. The third-order valence-electron chi connectivity index (χ3n) is 5.35. The van der Waals surface area contributed by atoms with Gasteiger partial charge in [-0.1, -0.05) is 67.5 Å². The third-order valence-corrected chi connectivity index (χ3v) is 6.70. The van der Waals surface area contributed by atoms with Gasteiger partial charge in [-0.05, 0) is 60.4 Å². The number of carbonyl (C=O) groups excluding carboxylic acids is 1. The molecule has 168 valence electrons. The molecule has 0 aliphatic heterocycles. The van der Waals surface area contributed by atoms with E-state index < -0.39 is 0 Å². The number of aromatic nitrogens is 2. The van der Waals surface area contributed by atoms with Crippen molar-refractivity contribution in [2.45, 2.75) is 31.8 Å². The van der Waals surface area contributed by atoms with Crippen molar-refractivity contribution in [3.05, 3.63) is 93.2 Å². The van der Waals surface area contributed by atoms with E-state index in [-0.39, 0.29) is 17.2 Å². The van der Waals surface area contributed by atoms with Crippen molar-refractivity contribution in [3.8, 4) is 5.69 Å². The molecule has 0 unspecified atom stereocenters. The molecule has 1 N–H and O–H groups in total. The Morgan fingerprint density at radius 2 is 1.82 bits per heavy atom. The lowest BCUT2D eigenvalue weighted by molar-refractivity contribution is -0.113. The van der Waals surface area contributed by atoms with Gasteiger partial charge in [-0.2, -0.15) is 0 Å². The zero-order chi connectivity index (χ0) is 23.5. The lowest BCUT2D eigenvalue weighted by Crippen LogP contribution is -2.23. The maximum absolute atomic E-state index is 13.3. The van der Waals surface area contributed by atoms with Gasteiger partial charge in [-0.3, -0.25) is 14.2 Å². The highest BCUT2D eigenvalue weighted by Crippen LogP contribution is 2.25. The molecule has 0 atom stereocenters. The third kappa shape index (κ3) is 5.13. The molecule has 4 rings (SSSR count). The Morgan fingerprint density at radius 1 is 1.09 bits per heavy atom. The lowest BCUT2D eigenvalue weighted by atomic mass is 10.0. The molecule has 3 aromatic carbocycles. The van der Waals surface area contributed by atoms with Crippen molar-refractivity contribution in [1.29, 1.82) is 0 Å². The van der Waals surface area contributed by atoms with Crippen LogP contribution in [-0.2, 0) is 4.79 Å². The summed E-state index contributed by atoms with van der Waals surface area (Å²) in [5.74, 6) is 0.362. The molecule has 1 amide bonds. The normalized spacial score (nSPS) is 11.2. The van der Waals surface area contributed by atoms with Crippen LogP contribution in [0.4, 0.5) is 5.69 Å². The molecular weight excluding hydrogens is 454 g/mol. The Bertz CT molecular complexity index is 1380. The maximum Gasteiger partial charge on any atom is 0.266 e. The van der Waals surface area contributed by atoms with Crippen LogP contribution in [0, 0.1) is 6.92 Å². The number of carbonyl (C=O) groups is 1. The molecule has 1 aromatic heterocycles. The summed E-state index contributed by atoms with van der Waals surface area (Å²) in [7, 11) is 0. The summed E-state index contributed by atoms with van der Waals surface area (Å²) in [5, 5.41) is 4.41. The molecule has 7 heteroatoms. The number of amides is 1. The van der Waals surface area contributed by atoms with Crippen LogP contribution in [-0.4, -0.2) is 21.2 Å². The fourth-order valence-corrected chi connectivity index (χ4v) is 4.42. The highest BCUT2D eigenvalue weighted by Gasteiger charge is 2.15. The summed E-state index contributed by atoms with van der Waals surface area (Å²) in [6.07, 6.45) is 0. The van der Waals surface area contributed by atoms with Crippen molar-refractivity contribution in [2.24, 2.45) is 0 Å². The number of hydrogen-bond donors (Lipinski definition) is 1. The molecule has 0 aliphatic rings. The minimum atomic E-state index is -0.201. The summed E-state index contributed by atoms with van der Waals surface area (Å²) < 4.78 is 1.52. The minimum Gasteiger partial charge on any atom is -0.325 e. The van der Waals surface area contributed by atoms with Gasteiger partial charge in [0, 0.05) is 10.7 Å². The van der Waals surface area contributed by atoms with Gasteiger partial charge in [0.05, 0.1) is 22.3 Å². The van der Waals surface area contributed by atoms with E-state index in [9.17, 15) is 9.59 Å². The number of hydrogen-bond acceptors (Lipinski definition) is 4. The van der Waals surface area contributed by atoms with Gasteiger partial charge < -0.3 is 5.32 Å². The molecule has 5 nitrogen and oxygen atoms in total. The van der Waals surface area contributed by atoms with Crippen LogP contribution >= 0.6 is 23.4 Å². The van der Waals surface area contributed by atoms with Gasteiger partial charge in [-0.15, -0.1) is 0 Å². The van der Waals surface area contributed by atoms with Crippen molar-refractivity contribution >= 4 is 45.9 Å². The van der Waals surface area contributed by atoms with Gasteiger partial charge in [0.15, 0.2) is 5.16 Å². The van der Waals surface area contributed by atoms with E-state index in [1.807, 2.05) is 55.5 Å². The largest absolute Gasteiger partial charge is 0.325 e. The van der Waals surface area contributed by atoms with Gasteiger partial charge in [-0.25, -0.2) is 4.98 Å². The fourth-order valence-electron chi connectivity index (χ4n) is 3.44. The fraction of sp³-hybridized carbons (Fsp3) is 0.192. The monoisotopic (exact) mass is 477 g/mol. The number of nitrogens with one attached hydrogen (secondary N) is 1. The molecule has 0 bridgehead atoms. The first-order valence-corrected chi connectivity index (χ1v) is 12.0. The van der Waals surface area contributed by atoms with Crippen molar-refractivity contribution in [1.82, 2.24) is 9.55 Å². The average Bonchev–Trinajstić information content (AvgIpc) is 2.80. The number of benzene rings is 3. The van der Waals surface area contributed by atoms with Crippen LogP contribution in [0.15, 0.2) is 76.7 Å². The Kier molecular flexibility index (Phi) is 6.86. The number of para-hydroxylation sites is 1. The molecule has 0 radical (unpaired) electrons. The first-order valence-electron chi connectivity index (χ1n) is 10.6. The van der Waals surface area contributed by atoms with E-state index in [4.69, 9.17) is 11.6 Å². The number of halogens is 1. The predicted molar refractivity (Wildman–Crippen MR) is 137 cm³/mol. The summed E-state index contributed by atoms with van der Waals surface area (Å²) in [6.45, 7) is 6.16. The minimum absolute atomic E-state index is 0.107. The van der Waals surface area contributed by atoms with Crippen molar-refractivity contribution < 1.29 is 4.79 Å². The van der Waals surface area contributed by atoms with E-state index >= 15 is 0 Å². The Labute approximate surface area is 201 Å².